The Balaban J connectivity index is 2.92. The number of nitrogens with zero attached hydrogens (tertiary/aromatic N) is 3. The first kappa shape index (κ1) is 17.3. The third-order valence-corrected chi connectivity index (χ3v) is 3.28. The molecule has 0 spiro atoms. The highest BCUT2D eigenvalue weighted by Crippen LogP contribution is 2.11. The Labute approximate surface area is 112 Å². The topological polar surface area (TPSA) is 74.8 Å². The summed E-state index contributed by atoms with van der Waals surface area (Å²) in [6.07, 6.45) is 15.6. The normalized spacial score (nSPS) is 10.3. The summed E-state index contributed by atoms with van der Waals surface area (Å²) < 4.78 is 0. The summed E-state index contributed by atoms with van der Waals surface area (Å²) in [6.45, 7) is 1.51. The number of unbranched alkanes of at least 4 members (excludes halogenated alkanes) is 11. The van der Waals surface area contributed by atoms with Gasteiger partial charge in [-0.15, -0.1) is 0 Å². The van der Waals surface area contributed by atoms with E-state index in [1.54, 1.807) is 0 Å². The lowest BCUT2D eigenvalue weighted by molar-refractivity contribution is 0.542. The molecule has 0 aromatic rings. The van der Waals surface area contributed by atoms with Crippen molar-refractivity contribution >= 4 is 0 Å². The molecule has 0 aromatic carbocycles. The SMILES string of the molecule is [N-]=[N+]=NCCCCCCCCCCCCCCN. The molecule has 106 valence electrons. The third-order valence-electron chi connectivity index (χ3n) is 3.28. The predicted molar refractivity (Wildman–Crippen MR) is 78.5 cm³/mol. The van der Waals surface area contributed by atoms with Gasteiger partial charge in [0.15, 0.2) is 0 Å². The Morgan fingerprint density at radius 2 is 1.06 bits per heavy atom. The quantitative estimate of drug-likeness (QED) is 0.203. The van der Waals surface area contributed by atoms with Gasteiger partial charge in [-0.1, -0.05) is 69.3 Å². The minimum Gasteiger partial charge on any atom is -0.330 e. The van der Waals surface area contributed by atoms with Crippen LogP contribution in [0, 0.1) is 0 Å². The molecule has 0 unspecified atom stereocenters. The van der Waals surface area contributed by atoms with E-state index in [0.29, 0.717) is 6.54 Å². The van der Waals surface area contributed by atoms with Crippen molar-refractivity contribution in [2.24, 2.45) is 10.8 Å². The lowest BCUT2D eigenvalue weighted by Crippen LogP contribution is -1.97. The molecule has 0 radical (unpaired) electrons. The van der Waals surface area contributed by atoms with Crippen molar-refractivity contribution in [1.29, 1.82) is 0 Å². The van der Waals surface area contributed by atoms with Gasteiger partial charge < -0.3 is 5.73 Å². The fourth-order valence-electron chi connectivity index (χ4n) is 2.14. The van der Waals surface area contributed by atoms with Crippen LogP contribution in [0.4, 0.5) is 0 Å². The van der Waals surface area contributed by atoms with E-state index < -0.39 is 0 Å². The van der Waals surface area contributed by atoms with E-state index in [-0.39, 0.29) is 0 Å². The summed E-state index contributed by atoms with van der Waals surface area (Å²) in [5.74, 6) is 0. The van der Waals surface area contributed by atoms with Crippen LogP contribution in [0.3, 0.4) is 0 Å². The zero-order chi connectivity index (χ0) is 13.3. The minimum atomic E-state index is 0.666. The average molecular weight is 254 g/mol. The van der Waals surface area contributed by atoms with Crippen LogP contribution in [0.2, 0.25) is 0 Å². The van der Waals surface area contributed by atoms with Crippen LogP contribution >= 0.6 is 0 Å². The molecule has 4 heteroatoms. The highest BCUT2D eigenvalue weighted by atomic mass is 15.1. The van der Waals surface area contributed by atoms with Crippen LogP contribution in [0.5, 0.6) is 0 Å². The first-order valence-corrected chi connectivity index (χ1v) is 7.62. The maximum Gasteiger partial charge on any atom is 0.0257 e. The molecule has 4 nitrogen and oxygen atoms in total. The molecule has 0 atom stereocenters. The van der Waals surface area contributed by atoms with Gasteiger partial charge in [0.2, 0.25) is 0 Å². The molecule has 0 aliphatic heterocycles. The fraction of sp³-hybridized carbons (Fsp3) is 1.00. The van der Waals surface area contributed by atoms with Crippen LogP contribution in [-0.2, 0) is 0 Å². The molecule has 0 aromatic heterocycles. The average Bonchev–Trinajstić information content (AvgIpc) is 2.39. The Morgan fingerprint density at radius 1 is 0.667 bits per heavy atom. The van der Waals surface area contributed by atoms with E-state index in [4.69, 9.17) is 11.3 Å². The monoisotopic (exact) mass is 254 g/mol. The standard InChI is InChI=1S/C14H30N4/c15-13-11-9-7-5-3-1-2-4-6-8-10-12-14-17-18-16/h1-15H2. The van der Waals surface area contributed by atoms with Gasteiger partial charge >= 0.3 is 0 Å². The molecule has 0 rings (SSSR count). The van der Waals surface area contributed by atoms with Crippen molar-refractivity contribution in [2.45, 2.75) is 77.0 Å². The minimum absolute atomic E-state index is 0.666. The zero-order valence-electron chi connectivity index (χ0n) is 11.8. The molecule has 0 heterocycles. The van der Waals surface area contributed by atoms with Crippen molar-refractivity contribution < 1.29 is 0 Å². The van der Waals surface area contributed by atoms with Crippen molar-refractivity contribution in [3.63, 3.8) is 0 Å². The van der Waals surface area contributed by atoms with Gasteiger partial charge in [-0.3, -0.25) is 0 Å². The molecule has 18 heavy (non-hydrogen) atoms. The molecular formula is C14H30N4. The first-order valence-electron chi connectivity index (χ1n) is 7.62. The second-order valence-corrected chi connectivity index (χ2v) is 4.99. The van der Waals surface area contributed by atoms with Crippen LogP contribution in [0.15, 0.2) is 5.11 Å². The van der Waals surface area contributed by atoms with Gasteiger partial charge in [0.1, 0.15) is 0 Å². The molecule has 0 fully saturated rings. The second-order valence-electron chi connectivity index (χ2n) is 4.99. The number of nitrogens with two attached hydrogens (primary N) is 1. The number of azide groups is 1. The maximum atomic E-state index is 8.11. The van der Waals surface area contributed by atoms with E-state index in [9.17, 15) is 0 Å². The van der Waals surface area contributed by atoms with Gasteiger partial charge in [0, 0.05) is 11.5 Å². The molecule has 0 amide bonds. The van der Waals surface area contributed by atoms with E-state index in [1.807, 2.05) is 0 Å². The molecule has 0 aliphatic rings. The lowest BCUT2D eigenvalue weighted by Gasteiger charge is -2.02. The number of hydrogen-bond acceptors (Lipinski definition) is 2. The van der Waals surface area contributed by atoms with Crippen LogP contribution in [0.1, 0.15) is 77.0 Å². The summed E-state index contributed by atoms with van der Waals surface area (Å²) in [4.78, 5) is 2.75. The smallest absolute Gasteiger partial charge is 0.0257 e. The van der Waals surface area contributed by atoms with E-state index in [2.05, 4.69) is 10.0 Å². The Morgan fingerprint density at radius 3 is 1.44 bits per heavy atom. The van der Waals surface area contributed by atoms with Gasteiger partial charge in [-0.25, -0.2) is 0 Å². The van der Waals surface area contributed by atoms with Gasteiger partial charge in [0.05, 0.1) is 0 Å². The second kappa shape index (κ2) is 16.3. The molecule has 0 saturated heterocycles. The molecule has 0 saturated carbocycles. The Hall–Kier alpha value is -0.730. The van der Waals surface area contributed by atoms with Crippen molar-refractivity contribution in [2.75, 3.05) is 13.1 Å². The molecule has 2 N–H and O–H groups in total. The number of rotatable bonds is 14. The van der Waals surface area contributed by atoms with Crippen LogP contribution in [0.25, 0.3) is 10.4 Å². The van der Waals surface area contributed by atoms with Crippen molar-refractivity contribution in [1.82, 2.24) is 0 Å². The summed E-state index contributed by atoms with van der Waals surface area (Å²) in [6, 6.07) is 0. The van der Waals surface area contributed by atoms with Crippen molar-refractivity contribution in [3.05, 3.63) is 10.4 Å². The van der Waals surface area contributed by atoms with E-state index in [1.165, 1.54) is 70.6 Å². The van der Waals surface area contributed by atoms with Gasteiger partial charge in [-0.2, -0.15) is 0 Å². The van der Waals surface area contributed by atoms with Gasteiger partial charge in [0.25, 0.3) is 0 Å². The van der Waals surface area contributed by atoms with Crippen LogP contribution in [-0.4, -0.2) is 13.1 Å². The summed E-state index contributed by atoms with van der Waals surface area (Å²) in [5.41, 5.74) is 13.6. The summed E-state index contributed by atoms with van der Waals surface area (Å²) >= 11 is 0. The van der Waals surface area contributed by atoms with E-state index in [0.717, 1.165) is 13.0 Å². The van der Waals surface area contributed by atoms with Crippen molar-refractivity contribution in [3.8, 4) is 0 Å². The highest BCUT2D eigenvalue weighted by Gasteiger charge is 1.93. The maximum absolute atomic E-state index is 8.11. The number of hydrogen-bond donors (Lipinski definition) is 1. The largest absolute Gasteiger partial charge is 0.330 e. The Bertz CT molecular complexity index is 200. The van der Waals surface area contributed by atoms with E-state index >= 15 is 0 Å². The zero-order valence-corrected chi connectivity index (χ0v) is 11.8. The highest BCUT2D eigenvalue weighted by molar-refractivity contribution is 4.51. The molecule has 0 aliphatic carbocycles. The van der Waals surface area contributed by atoms with Crippen LogP contribution < -0.4 is 5.73 Å². The summed E-state index contributed by atoms with van der Waals surface area (Å²) in [7, 11) is 0. The third kappa shape index (κ3) is 15.3. The summed E-state index contributed by atoms with van der Waals surface area (Å²) in [5, 5.41) is 3.53. The molecule has 0 bridgehead atoms. The van der Waals surface area contributed by atoms with Gasteiger partial charge in [-0.05, 0) is 24.9 Å². The first-order chi connectivity index (χ1) is 8.91. The Kier molecular flexibility index (Phi) is 15.6. The molecular weight excluding hydrogens is 224 g/mol. The fourth-order valence-corrected chi connectivity index (χ4v) is 2.14. The lowest BCUT2D eigenvalue weighted by atomic mass is 10.1. The predicted octanol–water partition coefficient (Wildman–Crippen LogP) is 4.94.